The van der Waals surface area contributed by atoms with Crippen molar-refractivity contribution >= 4 is 46.6 Å². The second kappa shape index (κ2) is 7.79. The topological polar surface area (TPSA) is 120 Å². The van der Waals surface area contributed by atoms with E-state index in [4.69, 9.17) is 22.4 Å². The minimum absolute atomic E-state index is 0.0634. The number of nitrogen functional groups attached to an aromatic ring is 1. The van der Waals surface area contributed by atoms with Crippen molar-refractivity contribution < 1.29 is 23.5 Å². The van der Waals surface area contributed by atoms with Crippen LogP contribution in [0, 0.1) is 11.6 Å². The van der Waals surface area contributed by atoms with Crippen molar-refractivity contribution in [2.24, 2.45) is 4.99 Å². The van der Waals surface area contributed by atoms with E-state index in [2.05, 4.69) is 15.6 Å². The van der Waals surface area contributed by atoms with Gasteiger partial charge in [0.15, 0.2) is 5.82 Å². The molecule has 158 valence electrons. The van der Waals surface area contributed by atoms with Crippen LogP contribution >= 0.6 is 11.6 Å². The van der Waals surface area contributed by atoms with Crippen molar-refractivity contribution in [3.63, 3.8) is 0 Å². The van der Waals surface area contributed by atoms with Crippen LogP contribution < -0.4 is 16.4 Å². The summed E-state index contributed by atoms with van der Waals surface area (Å²) in [6.07, 6.45) is -1.75. The van der Waals surface area contributed by atoms with Gasteiger partial charge in [0.1, 0.15) is 11.5 Å². The molecule has 30 heavy (non-hydrogen) atoms. The summed E-state index contributed by atoms with van der Waals surface area (Å²) >= 11 is 5.93. The molecule has 11 heteroatoms. The highest BCUT2D eigenvalue weighted by Gasteiger charge is 2.41. The van der Waals surface area contributed by atoms with Gasteiger partial charge in [-0.2, -0.15) is 0 Å². The molecule has 0 aromatic heterocycles. The van der Waals surface area contributed by atoms with E-state index in [1.165, 1.54) is 38.2 Å². The number of aliphatic imine (C=N–C) groups is 1. The molecule has 0 radical (unpaired) electrons. The molecule has 2 amide bonds. The zero-order chi connectivity index (χ0) is 22.2. The van der Waals surface area contributed by atoms with Crippen molar-refractivity contribution in [1.82, 2.24) is 10.2 Å². The Bertz CT molecular complexity index is 1080. The monoisotopic (exact) mass is 437 g/mol. The minimum atomic E-state index is -1.53. The first-order valence-electron chi connectivity index (χ1n) is 8.68. The fourth-order valence-electron chi connectivity index (χ4n) is 3.13. The van der Waals surface area contributed by atoms with Gasteiger partial charge in [0.2, 0.25) is 11.9 Å². The van der Waals surface area contributed by atoms with Gasteiger partial charge < -0.3 is 21.5 Å². The van der Waals surface area contributed by atoms with Gasteiger partial charge in [0.25, 0.3) is 0 Å². The van der Waals surface area contributed by atoms with E-state index in [1.807, 2.05) is 0 Å². The van der Waals surface area contributed by atoms with Crippen LogP contribution in [0.5, 0.6) is 0 Å². The number of hydrogen-bond acceptors (Lipinski definition) is 4. The number of nitrogens with one attached hydrogen (secondary N) is 2. The number of hydrogen-bond donors (Lipinski definition) is 4. The molecule has 0 aliphatic carbocycles. The van der Waals surface area contributed by atoms with Gasteiger partial charge in [-0.1, -0.05) is 17.7 Å². The highest BCUT2D eigenvalue weighted by Crippen LogP contribution is 2.36. The predicted molar refractivity (Wildman–Crippen MR) is 109 cm³/mol. The minimum Gasteiger partial charge on any atom is -0.463 e. The summed E-state index contributed by atoms with van der Waals surface area (Å²) in [5.41, 5.74) is 4.32. The number of carbonyl (C=O) groups is 2. The van der Waals surface area contributed by atoms with E-state index in [1.54, 1.807) is 0 Å². The summed E-state index contributed by atoms with van der Waals surface area (Å²) in [4.78, 5) is 27.7. The van der Waals surface area contributed by atoms with Gasteiger partial charge in [0.05, 0.1) is 23.3 Å². The quantitative estimate of drug-likeness (QED) is 0.544. The average molecular weight is 438 g/mol. The van der Waals surface area contributed by atoms with Gasteiger partial charge in [0, 0.05) is 17.6 Å². The van der Waals surface area contributed by atoms with Gasteiger partial charge in [-0.05, 0) is 31.2 Å². The lowest BCUT2D eigenvalue weighted by molar-refractivity contribution is -0.129. The Morgan fingerprint density at radius 2 is 2.07 bits per heavy atom. The number of amides is 2. The number of nitrogens with two attached hydrogens (primary N) is 1. The fraction of sp³-hybridized carbons (Fsp3) is 0.211. The van der Waals surface area contributed by atoms with Crippen LogP contribution in [0.2, 0.25) is 5.02 Å². The third-order valence-electron chi connectivity index (χ3n) is 4.75. The molecule has 0 spiro atoms. The van der Waals surface area contributed by atoms with Crippen LogP contribution in [0.4, 0.5) is 30.6 Å². The molecule has 5 N–H and O–H groups in total. The Balaban J connectivity index is 2.06. The molecule has 2 aromatic carbocycles. The maximum Gasteiger partial charge on any atom is 0.434 e. The molecule has 8 nitrogen and oxygen atoms in total. The van der Waals surface area contributed by atoms with E-state index >= 15 is 4.39 Å². The Morgan fingerprint density at radius 3 is 2.73 bits per heavy atom. The number of anilines is 3. The molecule has 3 rings (SSSR count). The van der Waals surface area contributed by atoms with Crippen LogP contribution in [0.1, 0.15) is 18.9 Å². The largest absolute Gasteiger partial charge is 0.463 e. The number of nitrogens with zero attached hydrogens (tertiary/aromatic N) is 2. The number of carbonyl (C=O) groups excluding carboxylic acids is 1. The molecule has 1 atom stereocenters. The van der Waals surface area contributed by atoms with Crippen molar-refractivity contribution in [2.75, 3.05) is 18.1 Å². The molecule has 1 aliphatic heterocycles. The Morgan fingerprint density at radius 1 is 1.37 bits per heavy atom. The van der Waals surface area contributed by atoms with Crippen molar-refractivity contribution in [3.8, 4) is 0 Å². The first kappa shape index (κ1) is 21.3. The summed E-state index contributed by atoms with van der Waals surface area (Å²) in [7, 11) is 1.34. The molecule has 1 fully saturated rings. The van der Waals surface area contributed by atoms with Crippen LogP contribution in [0.15, 0.2) is 35.3 Å². The Hall–Kier alpha value is -3.40. The zero-order valence-corrected chi connectivity index (χ0v) is 16.7. The first-order chi connectivity index (χ1) is 14.0. The van der Waals surface area contributed by atoms with Crippen molar-refractivity contribution in [1.29, 1.82) is 0 Å². The lowest BCUT2D eigenvalue weighted by atomic mass is 9.85. The highest BCUT2D eigenvalue weighted by molar-refractivity contribution is 6.31. The molecule has 1 heterocycles. The SMILES string of the molecule is CN1C(=O)C[C@@](C)(c2ccc(F)c(Nc3cc(Cl)ccc3N)c2F)N/C1=N\C(=O)O. The number of rotatable bonds is 3. The third kappa shape index (κ3) is 3.99. The average Bonchev–Trinajstić information content (AvgIpc) is 2.65. The molecular formula is C19H18ClF2N5O3. The molecule has 2 aromatic rings. The summed E-state index contributed by atoms with van der Waals surface area (Å²) in [6, 6.07) is 6.65. The number of halogens is 3. The molecular weight excluding hydrogens is 420 g/mol. The van der Waals surface area contributed by atoms with Gasteiger partial charge in [-0.25, -0.2) is 13.6 Å². The van der Waals surface area contributed by atoms with Crippen LogP contribution in [0.3, 0.4) is 0 Å². The summed E-state index contributed by atoms with van der Waals surface area (Å²) in [5.74, 6) is -2.62. The summed E-state index contributed by atoms with van der Waals surface area (Å²) in [6.45, 7) is 1.49. The zero-order valence-electron chi connectivity index (χ0n) is 16.0. The second-order valence-electron chi connectivity index (χ2n) is 6.95. The number of guanidine groups is 1. The van der Waals surface area contributed by atoms with Crippen molar-refractivity contribution in [2.45, 2.75) is 18.9 Å². The predicted octanol–water partition coefficient (Wildman–Crippen LogP) is 3.64. The molecule has 0 bridgehead atoms. The van der Waals surface area contributed by atoms with E-state index in [9.17, 15) is 14.0 Å². The van der Waals surface area contributed by atoms with E-state index in [0.717, 1.165) is 11.0 Å². The second-order valence-corrected chi connectivity index (χ2v) is 7.38. The van der Waals surface area contributed by atoms with Gasteiger partial charge in [-0.3, -0.25) is 9.69 Å². The maximum absolute atomic E-state index is 15.4. The van der Waals surface area contributed by atoms with Gasteiger partial charge >= 0.3 is 6.09 Å². The molecule has 0 unspecified atom stereocenters. The number of benzene rings is 2. The smallest absolute Gasteiger partial charge is 0.434 e. The standard InChI is InChI=1S/C19H18ClF2N5O3/c1-19(8-14(28)27(2)17(26-19)25-18(29)30)10-4-5-11(21)16(15(10)22)24-13-7-9(20)3-6-12(13)23/h3-7,24H,8,23H2,1-2H3,(H,25,26)(H,29,30)/t19-/m0/s1. The van der Waals surface area contributed by atoms with Crippen LogP contribution in [-0.4, -0.2) is 35.0 Å². The molecule has 1 saturated heterocycles. The Kier molecular flexibility index (Phi) is 5.53. The lowest BCUT2D eigenvalue weighted by Crippen LogP contribution is -2.59. The summed E-state index contributed by atoms with van der Waals surface area (Å²) in [5, 5.41) is 14.6. The van der Waals surface area contributed by atoms with E-state index in [-0.39, 0.29) is 29.3 Å². The Labute approximate surface area is 175 Å². The highest BCUT2D eigenvalue weighted by atomic mass is 35.5. The first-order valence-corrected chi connectivity index (χ1v) is 9.06. The maximum atomic E-state index is 15.4. The van der Waals surface area contributed by atoms with E-state index in [0.29, 0.717) is 5.02 Å². The van der Waals surface area contributed by atoms with Crippen LogP contribution in [-0.2, 0) is 10.3 Å². The molecule has 0 saturated carbocycles. The van der Waals surface area contributed by atoms with Crippen molar-refractivity contribution in [3.05, 3.63) is 52.6 Å². The fourth-order valence-corrected chi connectivity index (χ4v) is 3.31. The lowest BCUT2D eigenvalue weighted by Gasteiger charge is -2.40. The summed E-state index contributed by atoms with van der Waals surface area (Å²) < 4.78 is 29.9. The third-order valence-corrected chi connectivity index (χ3v) is 4.98. The molecule has 1 aliphatic rings. The number of carboxylic acid groups (broad SMARTS) is 1. The van der Waals surface area contributed by atoms with Gasteiger partial charge in [-0.15, -0.1) is 4.99 Å². The van der Waals surface area contributed by atoms with Crippen LogP contribution in [0.25, 0.3) is 0 Å². The van der Waals surface area contributed by atoms with E-state index < -0.39 is 34.9 Å². The normalized spacial score (nSPS) is 20.2.